The number of ether oxygens (including phenoxy) is 1. The average molecular weight is 231 g/mol. The fourth-order valence-corrected chi connectivity index (χ4v) is 1.26. The van der Waals surface area contributed by atoms with Gasteiger partial charge in [0.1, 0.15) is 0 Å². The monoisotopic (exact) mass is 231 g/mol. The normalized spacial score (nSPS) is 9.59. The molecule has 0 atom stereocenters. The third-order valence-corrected chi connectivity index (χ3v) is 2.28. The van der Waals surface area contributed by atoms with Gasteiger partial charge in [-0.25, -0.2) is 0 Å². The van der Waals surface area contributed by atoms with Crippen LogP contribution in [0.4, 0.5) is 0 Å². The van der Waals surface area contributed by atoms with E-state index in [1.165, 1.54) is 7.11 Å². The predicted molar refractivity (Wildman–Crippen MR) is 67.5 cm³/mol. The lowest BCUT2D eigenvalue weighted by Crippen LogP contribution is -2.22. The molecule has 3 nitrogen and oxygen atoms in total. The van der Waals surface area contributed by atoms with Crippen LogP contribution in [0.2, 0.25) is 0 Å². The minimum atomic E-state index is -0.187. The van der Waals surface area contributed by atoms with Crippen molar-refractivity contribution in [1.82, 2.24) is 4.90 Å². The smallest absolute Gasteiger partial charge is 0.306 e. The molecule has 0 aliphatic heterocycles. The van der Waals surface area contributed by atoms with Gasteiger partial charge in [0, 0.05) is 12.1 Å². The van der Waals surface area contributed by atoms with Crippen LogP contribution in [0.25, 0.3) is 0 Å². The third kappa shape index (κ3) is 5.74. The van der Waals surface area contributed by atoms with E-state index in [9.17, 15) is 4.79 Å². The van der Waals surface area contributed by atoms with E-state index in [4.69, 9.17) is 0 Å². The predicted octanol–water partition coefficient (Wildman–Crippen LogP) is 1.53. The third-order valence-electron chi connectivity index (χ3n) is 2.28. The minimum absolute atomic E-state index is 0.187. The first kappa shape index (κ1) is 13.3. The number of nitrogens with zero attached hydrogens (tertiary/aromatic N) is 1. The van der Waals surface area contributed by atoms with E-state index >= 15 is 0 Å². The standard InChI is InChI=1S/C14H17NO2/c1-15(12-10-14(16)17-2)11-6-9-13-7-4-3-5-8-13/h3-5,7-8H,10-12H2,1-2H3. The molecule has 1 rings (SSSR count). The van der Waals surface area contributed by atoms with Crippen molar-refractivity contribution in [2.75, 3.05) is 27.2 Å². The zero-order valence-corrected chi connectivity index (χ0v) is 10.3. The van der Waals surface area contributed by atoms with Crippen LogP contribution in [0, 0.1) is 11.8 Å². The summed E-state index contributed by atoms with van der Waals surface area (Å²) < 4.78 is 4.57. The zero-order valence-electron chi connectivity index (χ0n) is 10.3. The van der Waals surface area contributed by atoms with Gasteiger partial charge in [-0.3, -0.25) is 9.69 Å². The lowest BCUT2D eigenvalue weighted by molar-refractivity contribution is -0.140. The van der Waals surface area contributed by atoms with Crippen molar-refractivity contribution < 1.29 is 9.53 Å². The number of benzene rings is 1. The van der Waals surface area contributed by atoms with Crippen LogP contribution >= 0.6 is 0 Å². The maximum atomic E-state index is 10.9. The van der Waals surface area contributed by atoms with Gasteiger partial charge in [0.15, 0.2) is 0 Å². The van der Waals surface area contributed by atoms with Gasteiger partial charge in [-0.15, -0.1) is 0 Å². The highest BCUT2D eigenvalue weighted by atomic mass is 16.5. The zero-order chi connectivity index (χ0) is 12.5. The van der Waals surface area contributed by atoms with Gasteiger partial charge in [0.25, 0.3) is 0 Å². The summed E-state index contributed by atoms with van der Waals surface area (Å²) in [5.41, 5.74) is 1.01. The Hall–Kier alpha value is -1.79. The molecule has 0 bridgehead atoms. The summed E-state index contributed by atoms with van der Waals surface area (Å²) in [6, 6.07) is 9.84. The van der Waals surface area contributed by atoms with Gasteiger partial charge in [0.05, 0.1) is 20.1 Å². The molecule has 0 amide bonds. The molecule has 0 N–H and O–H groups in total. The molecule has 0 aromatic heterocycles. The van der Waals surface area contributed by atoms with Gasteiger partial charge >= 0.3 is 5.97 Å². The number of hydrogen-bond donors (Lipinski definition) is 0. The Morgan fingerprint density at radius 3 is 2.71 bits per heavy atom. The second-order valence-electron chi connectivity index (χ2n) is 3.73. The van der Waals surface area contributed by atoms with Crippen molar-refractivity contribution in [2.45, 2.75) is 6.42 Å². The number of methoxy groups -OCH3 is 1. The highest BCUT2D eigenvalue weighted by Crippen LogP contribution is 1.95. The molecule has 1 aromatic carbocycles. The lowest BCUT2D eigenvalue weighted by atomic mass is 10.2. The summed E-state index contributed by atoms with van der Waals surface area (Å²) in [5, 5.41) is 0. The molecular formula is C14H17NO2. The van der Waals surface area contributed by atoms with Crippen LogP contribution < -0.4 is 0 Å². The van der Waals surface area contributed by atoms with E-state index in [1.807, 2.05) is 42.3 Å². The largest absolute Gasteiger partial charge is 0.469 e. The molecule has 0 saturated heterocycles. The number of carbonyl (C=O) groups is 1. The molecule has 0 unspecified atom stereocenters. The van der Waals surface area contributed by atoms with Crippen molar-refractivity contribution in [3.05, 3.63) is 35.9 Å². The van der Waals surface area contributed by atoms with Crippen molar-refractivity contribution in [3.8, 4) is 11.8 Å². The van der Waals surface area contributed by atoms with E-state index in [2.05, 4.69) is 16.6 Å². The maximum Gasteiger partial charge on any atom is 0.306 e. The van der Waals surface area contributed by atoms with E-state index in [0.29, 0.717) is 19.5 Å². The molecular weight excluding hydrogens is 214 g/mol. The molecule has 0 aliphatic carbocycles. The first-order chi connectivity index (χ1) is 8.22. The number of hydrogen-bond acceptors (Lipinski definition) is 3. The lowest BCUT2D eigenvalue weighted by Gasteiger charge is -2.11. The van der Waals surface area contributed by atoms with Crippen molar-refractivity contribution in [3.63, 3.8) is 0 Å². The summed E-state index contributed by atoms with van der Waals surface area (Å²) in [6.07, 6.45) is 0.403. The van der Waals surface area contributed by atoms with E-state index in [1.54, 1.807) is 0 Å². The number of carbonyl (C=O) groups excluding carboxylic acids is 1. The second-order valence-corrected chi connectivity index (χ2v) is 3.73. The van der Waals surface area contributed by atoms with E-state index in [-0.39, 0.29) is 5.97 Å². The van der Waals surface area contributed by atoms with Gasteiger partial charge < -0.3 is 4.74 Å². The van der Waals surface area contributed by atoms with Crippen LogP contribution in [0.5, 0.6) is 0 Å². The van der Waals surface area contributed by atoms with Gasteiger partial charge in [-0.05, 0) is 19.2 Å². The molecule has 0 saturated carbocycles. The quantitative estimate of drug-likeness (QED) is 0.581. The first-order valence-corrected chi connectivity index (χ1v) is 5.51. The Labute approximate surface area is 102 Å². The summed E-state index contributed by atoms with van der Waals surface area (Å²) in [4.78, 5) is 12.9. The Morgan fingerprint density at radius 2 is 2.06 bits per heavy atom. The van der Waals surface area contributed by atoms with Crippen LogP contribution in [0.3, 0.4) is 0 Å². The summed E-state index contributed by atoms with van der Waals surface area (Å²) >= 11 is 0. The Bertz CT molecular complexity index is 403. The topological polar surface area (TPSA) is 29.5 Å². The number of esters is 1. The molecule has 3 heteroatoms. The Balaban J connectivity index is 2.31. The molecule has 0 radical (unpaired) electrons. The van der Waals surface area contributed by atoms with Crippen LogP contribution in [-0.4, -0.2) is 38.1 Å². The molecule has 90 valence electrons. The first-order valence-electron chi connectivity index (χ1n) is 5.51. The highest BCUT2D eigenvalue weighted by molar-refractivity contribution is 5.69. The fourth-order valence-electron chi connectivity index (χ4n) is 1.26. The number of rotatable bonds is 4. The SMILES string of the molecule is COC(=O)CCN(C)CC#Cc1ccccc1. The van der Waals surface area contributed by atoms with Gasteiger partial charge in [-0.1, -0.05) is 30.0 Å². The second kappa shape index (κ2) is 7.48. The van der Waals surface area contributed by atoms with E-state index in [0.717, 1.165) is 5.56 Å². The average Bonchev–Trinajstić information content (AvgIpc) is 2.37. The van der Waals surface area contributed by atoms with E-state index < -0.39 is 0 Å². The summed E-state index contributed by atoms with van der Waals surface area (Å²) in [5.74, 6) is 5.95. The molecule has 0 aliphatic rings. The molecule has 17 heavy (non-hydrogen) atoms. The summed E-state index contributed by atoms with van der Waals surface area (Å²) in [6.45, 7) is 1.31. The summed E-state index contributed by atoms with van der Waals surface area (Å²) in [7, 11) is 3.33. The molecule has 0 fully saturated rings. The van der Waals surface area contributed by atoms with Crippen LogP contribution in [-0.2, 0) is 9.53 Å². The maximum absolute atomic E-state index is 10.9. The van der Waals surface area contributed by atoms with Crippen molar-refractivity contribution in [1.29, 1.82) is 0 Å². The fraction of sp³-hybridized carbons (Fsp3) is 0.357. The Kier molecular flexibility index (Phi) is 5.84. The minimum Gasteiger partial charge on any atom is -0.469 e. The highest BCUT2D eigenvalue weighted by Gasteiger charge is 2.02. The Morgan fingerprint density at radius 1 is 1.35 bits per heavy atom. The molecule has 0 spiro atoms. The van der Waals surface area contributed by atoms with Crippen molar-refractivity contribution in [2.24, 2.45) is 0 Å². The van der Waals surface area contributed by atoms with Crippen molar-refractivity contribution >= 4 is 5.97 Å². The van der Waals surface area contributed by atoms with Gasteiger partial charge in [0.2, 0.25) is 0 Å². The van der Waals surface area contributed by atoms with Gasteiger partial charge in [-0.2, -0.15) is 0 Å². The van der Waals surface area contributed by atoms with Crippen LogP contribution in [0.15, 0.2) is 30.3 Å². The molecule has 1 aromatic rings. The molecule has 0 heterocycles. The van der Waals surface area contributed by atoms with Crippen LogP contribution in [0.1, 0.15) is 12.0 Å².